The van der Waals surface area contributed by atoms with Crippen LogP contribution in [0.15, 0.2) is 12.1 Å². The zero-order chi connectivity index (χ0) is 11.4. The van der Waals surface area contributed by atoms with Crippen molar-refractivity contribution in [2.24, 2.45) is 0 Å². The fourth-order valence-corrected chi connectivity index (χ4v) is 1.84. The summed E-state index contributed by atoms with van der Waals surface area (Å²) in [5.41, 5.74) is 3.03. The summed E-state index contributed by atoms with van der Waals surface area (Å²) in [4.78, 5) is 10.6. The fraction of sp³-hybridized carbons (Fsp3) is 0.273. The highest BCUT2D eigenvalue weighted by molar-refractivity contribution is 9.08. The molecule has 78 valence electrons. The van der Waals surface area contributed by atoms with Crippen LogP contribution in [0.5, 0.6) is 0 Å². The number of aryl methyl sites for hydroxylation is 1. The van der Waals surface area contributed by atoms with Gasteiger partial charge in [0.15, 0.2) is 0 Å². The first-order valence-electron chi connectivity index (χ1n) is 4.38. The van der Waals surface area contributed by atoms with E-state index in [1.54, 1.807) is 12.1 Å². The van der Waals surface area contributed by atoms with Gasteiger partial charge in [-0.1, -0.05) is 22.0 Å². The van der Waals surface area contributed by atoms with Gasteiger partial charge in [0.25, 0.3) is 0 Å². The van der Waals surface area contributed by atoms with E-state index in [4.69, 9.17) is 10.4 Å². The monoisotopic (exact) mass is 267 g/mol. The smallest absolute Gasteiger partial charge is 0.307 e. The number of halogens is 1. The molecule has 0 aliphatic heterocycles. The first kappa shape index (κ1) is 11.7. The molecule has 0 bridgehead atoms. The summed E-state index contributed by atoms with van der Waals surface area (Å²) in [6, 6.07) is 5.60. The van der Waals surface area contributed by atoms with Gasteiger partial charge >= 0.3 is 5.97 Å². The van der Waals surface area contributed by atoms with Crippen LogP contribution in [-0.4, -0.2) is 11.1 Å². The van der Waals surface area contributed by atoms with Crippen molar-refractivity contribution in [3.8, 4) is 6.07 Å². The van der Waals surface area contributed by atoms with Crippen LogP contribution < -0.4 is 0 Å². The summed E-state index contributed by atoms with van der Waals surface area (Å²) in [6.07, 6.45) is -0.00244. The standard InChI is InChI=1S/C11H10BrNO2/c1-7-2-10(6-13)9(5-12)3-8(7)4-11(14)15/h2-3H,4-5H2,1H3,(H,14,15). The Kier molecular flexibility index (Phi) is 3.87. The second kappa shape index (κ2) is 4.94. The zero-order valence-corrected chi connectivity index (χ0v) is 9.84. The quantitative estimate of drug-likeness (QED) is 0.856. The summed E-state index contributed by atoms with van der Waals surface area (Å²) in [5, 5.41) is 18.1. The van der Waals surface area contributed by atoms with Crippen LogP contribution in [0.25, 0.3) is 0 Å². The summed E-state index contributed by atoms with van der Waals surface area (Å²) >= 11 is 3.28. The van der Waals surface area contributed by atoms with E-state index in [0.717, 1.165) is 16.7 Å². The number of carboxylic acids is 1. The lowest BCUT2D eigenvalue weighted by Crippen LogP contribution is -2.03. The Labute approximate surface area is 96.5 Å². The van der Waals surface area contributed by atoms with E-state index in [-0.39, 0.29) is 6.42 Å². The molecule has 1 N–H and O–H groups in total. The van der Waals surface area contributed by atoms with E-state index >= 15 is 0 Å². The van der Waals surface area contributed by atoms with Crippen molar-refractivity contribution in [3.05, 3.63) is 34.4 Å². The topological polar surface area (TPSA) is 61.1 Å². The third-order valence-electron chi connectivity index (χ3n) is 2.17. The van der Waals surface area contributed by atoms with Gasteiger partial charge < -0.3 is 5.11 Å². The van der Waals surface area contributed by atoms with E-state index in [2.05, 4.69) is 22.0 Å². The van der Waals surface area contributed by atoms with Crippen LogP contribution >= 0.6 is 15.9 Å². The molecular formula is C11H10BrNO2. The average molecular weight is 268 g/mol. The van der Waals surface area contributed by atoms with Crippen molar-refractivity contribution in [1.82, 2.24) is 0 Å². The highest BCUT2D eigenvalue weighted by Crippen LogP contribution is 2.19. The fourth-order valence-electron chi connectivity index (χ4n) is 1.37. The lowest BCUT2D eigenvalue weighted by molar-refractivity contribution is -0.136. The number of benzene rings is 1. The number of carbonyl (C=O) groups is 1. The Hall–Kier alpha value is -1.34. The van der Waals surface area contributed by atoms with Gasteiger partial charge in [-0.25, -0.2) is 0 Å². The molecule has 0 aliphatic carbocycles. The van der Waals surface area contributed by atoms with Crippen molar-refractivity contribution in [2.75, 3.05) is 0 Å². The highest BCUT2D eigenvalue weighted by atomic mass is 79.9. The van der Waals surface area contributed by atoms with Crippen molar-refractivity contribution >= 4 is 21.9 Å². The number of nitrogens with zero attached hydrogens (tertiary/aromatic N) is 1. The lowest BCUT2D eigenvalue weighted by Gasteiger charge is -2.07. The summed E-state index contributed by atoms with van der Waals surface area (Å²) in [6.45, 7) is 1.82. The van der Waals surface area contributed by atoms with E-state index in [1.165, 1.54) is 0 Å². The Balaban J connectivity index is 3.21. The molecule has 0 heterocycles. The lowest BCUT2D eigenvalue weighted by atomic mass is 9.99. The predicted octanol–water partition coefficient (Wildman–Crippen LogP) is 2.39. The largest absolute Gasteiger partial charge is 0.481 e. The number of alkyl halides is 1. The maximum atomic E-state index is 10.6. The SMILES string of the molecule is Cc1cc(C#N)c(CBr)cc1CC(=O)O. The number of hydrogen-bond acceptors (Lipinski definition) is 2. The van der Waals surface area contributed by atoms with Crippen molar-refractivity contribution < 1.29 is 9.90 Å². The molecule has 0 spiro atoms. The Bertz CT molecular complexity index is 435. The molecule has 0 aromatic heterocycles. The van der Waals surface area contributed by atoms with E-state index in [9.17, 15) is 4.79 Å². The summed E-state index contributed by atoms with van der Waals surface area (Å²) < 4.78 is 0. The van der Waals surface area contributed by atoms with Gasteiger partial charge in [0.1, 0.15) is 0 Å². The zero-order valence-electron chi connectivity index (χ0n) is 8.25. The number of nitriles is 1. The van der Waals surface area contributed by atoms with E-state index in [1.807, 2.05) is 6.92 Å². The van der Waals surface area contributed by atoms with Crippen LogP contribution in [0.3, 0.4) is 0 Å². The molecule has 0 aliphatic rings. The van der Waals surface area contributed by atoms with Gasteiger partial charge in [0.05, 0.1) is 18.1 Å². The van der Waals surface area contributed by atoms with Gasteiger partial charge in [0.2, 0.25) is 0 Å². The van der Waals surface area contributed by atoms with Crippen LogP contribution in [0.4, 0.5) is 0 Å². The summed E-state index contributed by atoms with van der Waals surface area (Å²) in [5.74, 6) is -0.858. The molecule has 1 rings (SSSR count). The van der Waals surface area contributed by atoms with Crippen LogP contribution in [0.1, 0.15) is 22.3 Å². The number of aliphatic carboxylic acids is 1. The van der Waals surface area contributed by atoms with Gasteiger partial charge in [0, 0.05) is 5.33 Å². The normalized spacial score (nSPS) is 9.67. The van der Waals surface area contributed by atoms with Gasteiger partial charge in [-0.05, 0) is 29.7 Å². The predicted molar refractivity (Wildman–Crippen MR) is 59.9 cm³/mol. The number of carboxylic acid groups (broad SMARTS) is 1. The number of rotatable bonds is 3. The number of hydrogen-bond donors (Lipinski definition) is 1. The molecular weight excluding hydrogens is 258 g/mol. The minimum Gasteiger partial charge on any atom is -0.481 e. The van der Waals surface area contributed by atoms with Crippen LogP contribution in [-0.2, 0) is 16.5 Å². The maximum absolute atomic E-state index is 10.6. The van der Waals surface area contributed by atoms with Crippen molar-refractivity contribution in [1.29, 1.82) is 5.26 Å². The Morgan fingerprint density at radius 2 is 2.20 bits per heavy atom. The Morgan fingerprint density at radius 1 is 1.53 bits per heavy atom. The molecule has 0 saturated heterocycles. The van der Waals surface area contributed by atoms with Crippen LogP contribution in [0.2, 0.25) is 0 Å². The second-order valence-electron chi connectivity index (χ2n) is 3.25. The minimum absolute atomic E-state index is 0.00244. The van der Waals surface area contributed by atoms with Gasteiger partial charge in [-0.15, -0.1) is 0 Å². The van der Waals surface area contributed by atoms with E-state index in [0.29, 0.717) is 10.9 Å². The first-order valence-corrected chi connectivity index (χ1v) is 5.51. The van der Waals surface area contributed by atoms with Gasteiger partial charge in [-0.3, -0.25) is 4.79 Å². The van der Waals surface area contributed by atoms with Crippen molar-refractivity contribution in [3.63, 3.8) is 0 Å². The molecule has 0 fully saturated rings. The molecule has 0 radical (unpaired) electrons. The maximum Gasteiger partial charge on any atom is 0.307 e. The second-order valence-corrected chi connectivity index (χ2v) is 3.81. The molecule has 1 aromatic rings. The molecule has 0 saturated carbocycles. The average Bonchev–Trinajstić information content (AvgIpc) is 2.19. The molecule has 4 heteroatoms. The molecule has 3 nitrogen and oxygen atoms in total. The minimum atomic E-state index is -0.858. The first-order chi connectivity index (χ1) is 7.08. The third-order valence-corrected chi connectivity index (χ3v) is 2.77. The summed E-state index contributed by atoms with van der Waals surface area (Å²) in [7, 11) is 0. The van der Waals surface area contributed by atoms with Crippen LogP contribution in [0, 0.1) is 18.3 Å². The molecule has 0 amide bonds. The molecule has 0 unspecified atom stereocenters. The molecule has 15 heavy (non-hydrogen) atoms. The highest BCUT2D eigenvalue weighted by Gasteiger charge is 2.09. The molecule has 1 aromatic carbocycles. The Morgan fingerprint density at radius 3 is 2.67 bits per heavy atom. The molecule has 0 atom stereocenters. The van der Waals surface area contributed by atoms with Crippen molar-refractivity contribution in [2.45, 2.75) is 18.7 Å². The van der Waals surface area contributed by atoms with E-state index < -0.39 is 5.97 Å². The third kappa shape index (κ3) is 2.80. The van der Waals surface area contributed by atoms with Gasteiger partial charge in [-0.2, -0.15) is 5.26 Å².